The van der Waals surface area contributed by atoms with Crippen LogP contribution in [-0.2, 0) is 0 Å². The van der Waals surface area contributed by atoms with Crippen molar-refractivity contribution >= 4 is 0 Å². The Morgan fingerprint density at radius 1 is 1.08 bits per heavy atom. The van der Waals surface area contributed by atoms with Gasteiger partial charge in [-0.2, -0.15) is 0 Å². The molecule has 2 rings (SSSR count). The Bertz CT molecular complexity index is 551. The van der Waals surface area contributed by atoms with Gasteiger partial charge in [0.25, 0.3) is 5.92 Å². The highest BCUT2D eigenvalue weighted by atomic mass is 19.3. The Kier molecular flexibility index (Phi) is 6.20. The molecule has 1 atom stereocenters. The van der Waals surface area contributed by atoms with E-state index in [-0.39, 0.29) is 11.3 Å². The molecule has 0 bridgehead atoms. The Labute approximate surface area is 140 Å². The molecule has 1 aromatic carbocycles. The van der Waals surface area contributed by atoms with Crippen LogP contribution in [0.5, 0.6) is 17.2 Å². The van der Waals surface area contributed by atoms with Gasteiger partial charge in [-0.25, -0.2) is 8.78 Å². The number of ether oxygens (including phenoxy) is 3. The second-order valence-corrected chi connectivity index (χ2v) is 5.56. The van der Waals surface area contributed by atoms with Gasteiger partial charge in [0, 0.05) is 37.8 Å². The van der Waals surface area contributed by atoms with Gasteiger partial charge in [-0.05, 0) is 6.07 Å². The average Bonchev–Trinajstić information content (AvgIpc) is 2.62. The molecule has 2 N–H and O–H groups in total. The maximum atomic E-state index is 14.6. The highest BCUT2D eigenvalue weighted by molar-refractivity contribution is 5.52. The number of nitrogens with one attached hydrogen (secondary N) is 1. The summed E-state index contributed by atoms with van der Waals surface area (Å²) < 4.78 is 44.9. The van der Waals surface area contributed by atoms with Crippen LogP contribution in [0.15, 0.2) is 12.1 Å². The van der Waals surface area contributed by atoms with E-state index in [2.05, 4.69) is 5.32 Å². The van der Waals surface area contributed by atoms with Gasteiger partial charge >= 0.3 is 0 Å². The largest absolute Gasteiger partial charge is 0.496 e. The summed E-state index contributed by atoms with van der Waals surface area (Å²) >= 11 is 0. The number of nitrogens with zero attached hydrogens (tertiary/aromatic N) is 1. The van der Waals surface area contributed by atoms with E-state index in [0.29, 0.717) is 37.7 Å². The molecule has 8 heteroatoms. The van der Waals surface area contributed by atoms with Crippen molar-refractivity contribution < 1.29 is 28.1 Å². The summed E-state index contributed by atoms with van der Waals surface area (Å²) in [4.78, 5) is 1.65. The second-order valence-electron chi connectivity index (χ2n) is 5.56. The number of hydrogen-bond acceptors (Lipinski definition) is 6. The van der Waals surface area contributed by atoms with Crippen LogP contribution < -0.4 is 19.5 Å². The minimum atomic E-state index is -3.33. The Morgan fingerprint density at radius 2 is 1.62 bits per heavy atom. The minimum Gasteiger partial charge on any atom is -0.496 e. The summed E-state index contributed by atoms with van der Waals surface area (Å²) in [6, 6.07) is 1.70. The Hall–Kier alpha value is -1.64. The number of benzene rings is 1. The van der Waals surface area contributed by atoms with Gasteiger partial charge in [0.15, 0.2) is 11.5 Å². The maximum Gasteiger partial charge on any atom is 0.290 e. The lowest BCUT2D eigenvalue weighted by Gasteiger charge is -2.39. The van der Waals surface area contributed by atoms with E-state index in [1.807, 2.05) is 0 Å². The molecule has 24 heavy (non-hydrogen) atoms. The van der Waals surface area contributed by atoms with Crippen molar-refractivity contribution in [3.8, 4) is 17.2 Å². The molecule has 0 aromatic heterocycles. The van der Waals surface area contributed by atoms with Gasteiger partial charge in [-0.3, -0.25) is 4.90 Å². The lowest BCUT2D eigenvalue weighted by Crippen LogP contribution is -2.51. The normalized spacial score (nSPS) is 17.4. The molecule has 1 fully saturated rings. The SMILES string of the molecule is COc1cc(OC)c([C@H](N2CCNCC2)C(F)(F)CO)cc1OC. The van der Waals surface area contributed by atoms with Crippen LogP contribution in [0.3, 0.4) is 0 Å². The average molecular weight is 346 g/mol. The van der Waals surface area contributed by atoms with Crippen LogP contribution >= 0.6 is 0 Å². The van der Waals surface area contributed by atoms with Gasteiger partial charge in [-0.1, -0.05) is 0 Å². The van der Waals surface area contributed by atoms with Crippen molar-refractivity contribution in [3.63, 3.8) is 0 Å². The first-order chi connectivity index (χ1) is 11.5. The predicted molar refractivity (Wildman–Crippen MR) is 85.3 cm³/mol. The second kappa shape index (κ2) is 7.96. The van der Waals surface area contributed by atoms with E-state index in [1.165, 1.54) is 33.5 Å². The van der Waals surface area contributed by atoms with Gasteiger partial charge in [0.05, 0.1) is 21.3 Å². The van der Waals surface area contributed by atoms with Crippen molar-refractivity contribution in [2.24, 2.45) is 0 Å². The van der Waals surface area contributed by atoms with Crippen LogP contribution in [0, 0.1) is 0 Å². The molecule has 0 radical (unpaired) electrons. The van der Waals surface area contributed by atoms with Crippen molar-refractivity contribution in [1.29, 1.82) is 0 Å². The number of rotatable bonds is 7. The molecule has 0 aliphatic carbocycles. The Balaban J connectivity index is 2.55. The maximum absolute atomic E-state index is 14.6. The lowest BCUT2D eigenvalue weighted by atomic mass is 9.96. The fourth-order valence-corrected chi connectivity index (χ4v) is 2.98. The van der Waals surface area contributed by atoms with E-state index in [1.54, 1.807) is 4.90 Å². The third-order valence-electron chi connectivity index (χ3n) is 4.16. The highest BCUT2D eigenvalue weighted by Crippen LogP contribution is 2.44. The van der Waals surface area contributed by atoms with Crippen molar-refractivity contribution in [3.05, 3.63) is 17.7 Å². The topological polar surface area (TPSA) is 63.2 Å². The number of aliphatic hydroxyl groups excluding tert-OH is 1. The predicted octanol–water partition coefficient (Wildman–Crippen LogP) is 1.29. The molecule has 136 valence electrons. The molecule has 6 nitrogen and oxygen atoms in total. The third kappa shape index (κ3) is 3.71. The van der Waals surface area contributed by atoms with E-state index in [4.69, 9.17) is 14.2 Å². The standard InChI is InChI=1S/C16H24F2N2O4/c1-22-12-9-14(24-3)13(23-2)8-11(12)15(16(17,18)10-21)20-6-4-19-5-7-20/h8-9,15,19,21H,4-7,10H2,1-3H3/t15-/m0/s1. The first-order valence-corrected chi connectivity index (χ1v) is 7.71. The van der Waals surface area contributed by atoms with E-state index in [9.17, 15) is 13.9 Å². The summed E-state index contributed by atoms with van der Waals surface area (Å²) in [6.07, 6.45) is 0. The van der Waals surface area contributed by atoms with Crippen LogP contribution in [0.1, 0.15) is 11.6 Å². The summed E-state index contributed by atoms with van der Waals surface area (Å²) in [6.45, 7) is 0.843. The zero-order chi connectivity index (χ0) is 17.7. The molecule has 1 heterocycles. The molecule has 0 saturated carbocycles. The molecule has 1 aliphatic rings. The summed E-state index contributed by atoms with van der Waals surface area (Å²) in [5.41, 5.74) is 0.260. The van der Waals surface area contributed by atoms with Crippen LogP contribution in [-0.4, -0.2) is 70.0 Å². The van der Waals surface area contributed by atoms with Crippen molar-refractivity contribution in [2.45, 2.75) is 12.0 Å². The van der Waals surface area contributed by atoms with Crippen LogP contribution in [0.2, 0.25) is 0 Å². The van der Waals surface area contributed by atoms with E-state index in [0.717, 1.165) is 0 Å². The van der Waals surface area contributed by atoms with E-state index < -0.39 is 18.6 Å². The van der Waals surface area contributed by atoms with E-state index >= 15 is 0 Å². The first-order valence-electron chi connectivity index (χ1n) is 7.71. The number of methoxy groups -OCH3 is 3. The number of piperazine rings is 1. The quantitative estimate of drug-likeness (QED) is 0.776. The first kappa shape index (κ1) is 18.7. The molecule has 1 aliphatic heterocycles. The lowest BCUT2D eigenvalue weighted by molar-refractivity contribution is -0.119. The number of alkyl halides is 2. The molecule has 1 aromatic rings. The summed E-state index contributed by atoms with van der Waals surface area (Å²) in [5, 5.41) is 12.4. The zero-order valence-corrected chi connectivity index (χ0v) is 14.1. The van der Waals surface area contributed by atoms with Gasteiger partial charge in [0.2, 0.25) is 0 Å². The fourth-order valence-electron chi connectivity index (χ4n) is 2.98. The molecule has 0 unspecified atom stereocenters. The van der Waals surface area contributed by atoms with Gasteiger partial charge in [0.1, 0.15) is 18.4 Å². The highest BCUT2D eigenvalue weighted by Gasteiger charge is 2.45. The number of halogens is 2. The Morgan fingerprint density at radius 3 is 2.12 bits per heavy atom. The number of aliphatic hydroxyl groups is 1. The van der Waals surface area contributed by atoms with Gasteiger partial charge < -0.3 is 24.6 Å². The summed E-state index contributed by atoms with van der Waals surface area (Å²) in [7, 11) is 4.32. The molecular weight excluding hydrogens is 322 g/mol. The van der Waals surface area contributed by atoms with Crippen molar-refractivity contribution in [1.82, 2.24) is 10.2 Å². The van der Waals surface area contributed by atoms with Gasteiger partial charge in [-0.15, -0.1) is 0 Å². The van der Waals surface area contributed by atoms with Crippen molar-refractivity contribution in [2.75, 3.05) is 54.1 Å². The smallest absolute Gasteiger partial charge is 0.290 e. The molecular formula is C16H24F2N2O4. The minimum absolute atomic E-state index is 0.260. The molecule has 0 amide bonds. The third-order valence-corrected chi connectivity index (χ3v) is 4.16. The summed E-state index contributed by atoms with van der Waals surface area (Å²) in [5.74, 6) is -2.33. The monoisotopic (exact) mass is 346 g/mol. The van der Waals surface area contributed by atoms with Crippen LogP contribution in [0.25, 0.3) is 0 Å². The zero-order valence-electron chi connectivity index (χ0n) is 14.1. The van der Waals surface area contributed by atoms with Crippen LogP contribution in [0.4, 0.5) is 8.78 Å². The molecule has 1 saturated heterocycles. The fraction of sp³-hybridized carbons (Fsp3) is 0.625. The number of hydrogen-bond donors (Lipinski definition) is 2. The molecule has 0 spiro atoms.